The number of likely N-dealkylation sites (N-methyl/N-ethyl adjacent to an activating group) is 1. The van der Waals surface area contributed by atoms with Crippen molar-refractivity contribution in [3.05, 3.63) is 35.3 Å². The summed E-state index contributed by atoms with van der Waals surface area (Å²) in [4.78, 5) is 15.6. The first-order valence-electron chi connectivity index (χ1n) is 5.05. The molecule has 0 aromatic heterocycles. The number of rotatable bonds is 2. The topological polar surface area (TPSA) is 23.6 Å². The number of benzene rings is 1. The SMILES string of the molecule is C=CCN1C(=O)CN(C)c2ccc(Br)cc21. The Kier molecular flexibility index (Phi) is 3.01. The van der Waals surface area contributed by atoms with Gasteiger partial charge >= 0.3 is 0 Å². The lowest BCUT2D eigenvalue weighted by molar-refractivity contribution is -0.117. The highest BCUT2D eigenvalue weighted by Crippen LogP contribution is 2.34. The van der Waals surface area contributed by atoms with Crippen LogP contribution in [0.5, 0.6) is 0 Å². The zero-order valence-corrected chi connectivity index (χ0v) is 10.7. The third-order valence-electron chi connectivity index (χ3n) is 2.62. The molecule has 1 amide bonds. The third-order valence-corrected chi connectivity index (χ3v) is 3.12. The van der Waals surface area contributed by atoms with E-state index in [-0.39, 0.29) is 5.91 Å². The Balaban J connectivity index is 2.51. The quantitative estimate of drug-likeness (QED) is 0.777. The first kappa shape index (κ1) is 11.2. The fourth-order valence-electron chi connectivity index (χ4n) is 1.87. The molecule has 3 nitrogen and oxygen atoms in total. The minimum absolute atomic E-state index is 0.105. The van der Waals surface area contributed by atoms with Crippen molar-refractivity contribution in [1.29, 1.82) is 0 Å². The standard InChI is InChI=1S/C12H13BrN2O/c1-3-6-15-11-7-9(13)4-5-10(11)14(2)8-12(15)16/h3-5,7H,1,6,8H2,2H3. The second kappa shape index (κ2) is 4.29. The van der Waals surface area contributed by atoms with Crippen molar-refractivity contribution in [2.75, 3.05) is 29.9 Å². The monoisotopic (exact) mass is 280 g/mol. The van der Waals surface area contributed by atoms with Gasteiger partial charge in [-0.25, -0.2) is 0 Å². The Hall–Kier alpha value is -1.29. The molecular formula is C12H13BrN2O. The second-order valence-electron chi connectivity index (χ2n) is 3.78. The van der Waals surface area contributed by atoms with Crippen LogP contribution < -0.4 is 9.80 Å². The Morgan fingerprint density at radius 3 is 2.94 bits per heavy atom. The van der Waals surface area contributed by atoms with Crippen molar-refractivity contribution in [2.24, 2.45) is 0 Å². The number of hydrogen-bond acceptors (Lipinski definition) is 2. The van der Waals surface area contributed by atoms with Crippen LogP contribution in [0.3, 0.4) is 0 Å². The fourth-order valence-corrected chi connectivity index (χ4v) is 2.22. The van der Waals surface area contributed by atoms with E-state index in [1.165, 1.54) is 0 Å². The molecule has 4 heteroatoms. The second-order valence-corrected chi connectivity index (χ2v) is 4.70. The molecule has 0 saturated carbocycles. The van der Waals surface area contributed by atoms with E-state index < -0.39 is 0 Å². The number of halogens is 1. The van der Waals surface area contributed by atoms with Gasteiger partial charge in [-0.3, -0.25) is 4.79 Å². The van der Waals surface area contributed by atoms with E-state index in [1.807, 2.05) is 30.1 Å². The van der Waals surface area contributed by atoms with Crippen LogP contribution in [0, 0.1) is 0 Å². The lowest BCUT2D eigenvalue weighted by Gasteiger charge is -2.34. The van der Waals surface area contributed by atoms with Crippen LogP contribution in [-0.2, 0) is 4.79 Å². The van der Waals surface area contributed by atoms with Crippen LogP contribution >= 0.6 is 15.9 Å². The molecule has 0 atom stereocenters. The number of anilines is 2. The molecule has 1 aromatic rings. The largest absolute Gasteiger partial charge is 0.364 e. The molecule has 1 heterocycles. The molecule has 1 aliphatic heterocycles. The number of fused-ring (bicyclic) bond motifs is 1. The maximum atomic E-state index is 11.9. The van der Waals surface area contributed by atoms with E-state index in [0.717, 1.165) is 15.8 Å². The van der Waals surface area contributed by atoms with E-state index >= 15 is 0 Å². The Bertz CT molecular complexity index is 445. The summed E-state index contributed by atoms with van der Waals surface area (Å²) in [6.45, 7) is 4.66. The van der Waals surface area contributed by atoms with E-state index in [4.69, 9.17) is 0 Å². The van der Waals surface area contributed by atoms with E-state index in [9.17, 15) is 4.79 Å². The first-order valence-corrected chi connectivity index (χ1v) is 5.84. The van der Waals surface area contributed by atoms with Gasteiger partial charge in [0.15, 0.2) is 0 Å². The maximum absolute atomic E-state index is 11.9. The lowest BCUT2D eigenvalue weighted by Crippen LogP contribution is -2.44. The van der Waals surface area contributed by atoms with Gasteiger partial charge in [0.1, 0.15) is 0 Å². The minimum atomic E-state index is 0.105. The van der Waals surface area contributed by atoms with Crippen molar-refractivity contribution < 1.29 is 4.79 Å². The zero-order chi connectivity index (χ0) is 11.7. The Morgan fingerprint density at radius 2 is 2.25 bits per heavy atom. The van der Waals surface area contributed by atoms with Gasteiger partial charge in [0, 0.05) is 18.1 Å². The molecule has 0 aliphatic carbocycles. The molecular weight excluding hydrogens is 268 g/mol. The van der Waals surface area contributed by atoms with Gasteiger partial charge in [-0.05, 0) is 18.2 Å². The van der Waals surface area contributed by atoms with Crippen molar-refractivity contribution in [1.82, 2.24) is 0 Å². The summed E-state index contributed by atoms with van der Waals surface area (Å²) in [5.41, 5.74) is 2.01. The number of carbonyl (C=O) groups excluding carboxylic acids is 1. The Labute approximate surface area is 103 Å². The molecule has 2 rings (SSSR count). The van der Waals surface area contributed by atoms with Crippen LogP contribution in [0.1, 0.15) is 0 Å². The molecule has 0 radical (unpaired) electrons. The van der Waals surface area contributed by atoms with Crippen LogP contribution in [0.25, 0.3) is 0 Å². The average Bonchev–Trinajstić information content (AvgIpc) is 2.23. The van der Waals surface area contributed by atoms with Gasteiger partial charge < -0.3 is 9.80 Å². The lowest BCUT2D eigenvalue weighted by atomic mass is 10.1. The molecule has 1 aliphatic rings. The van der Waals surface area contributed by atoms with Crippen molar-refractivity contribution in [3.63, 3.8) is 0 Å². The van der Waals surface area contributed by atoms with Gasteiger partial charge in [-0.2, -0.15) is 0 Å². The van der Waals surface area contributed by atoms with Crippen molar-refractivity contribution >= 4 is 33.2 Å². The first-order chi connectivity index (χ1) is 7.63. The summed E-state index contributed by atoms with van der Waals surface area (Å²) in [5, 5.41) is 0. The molecule has 0 saturated heterocycles. The van der Waals surface area contributed by atoms with Gasteiger partial charge in [0.25, 0.3) is 0 Å². The number of nitrogens with zero attached hydrogens (tertiary/aromatic N) is 2. The molecule has 1 aromatic carbocycles. The highest BCUT2D eigenvalue weighted by Gasteiger charge is 2.26. The summed E-state index contributed by atoms with van der Waals surface area (Å²) < 4.78 is 0.975. The van der Waals surface area contributed by atoms with Gasteiger partial charge in [-0.15, -0.1) is 6.58 Å². The highest BCUT2D eigenvalue weighted by atomic mass is 79.9. The Morgan fingerprint density at radius 1 is 1.50 bits per heavy atom. The summed E-state index contributed by atoms with van der Waals surface area (Å²) in [6, 6.07) is 5.96. The van der Waals surface area contributed by atoms with Crippen LogP contribution in [0.4, 0.5) is 11.4 Å². The summed E-state index contributed by atoms with van der Waals surface area (Å²) in [6.07, 6.45) is 1.74. The zero-order valence-electron chi connectivity index (χ0n) is 9.11. The molecule has 0 bridgehead atoms. The molecule has 0 unspecified atom stereocenters. The molecule has 16 heavy (non-hydrogen) atoms. The summed E-state index contributed by atoms with van der Waals surface area (Å²) >= 11 is 3.43. The van der Waals surface area contributed by atoms with Crippen LogP contribution in [0.2, 0.25) is 0 Å². The summed E-state index contributed by atoms with van der Waals surface area (Å²) in [7, 11) is 1.93. The van der Waals surface area contributed by atoms with Gasteiger partial charge in [0.2, 0.25) is 5.91 Å². The number of carbonyl (C=O) groups is 1. The minimum Gasteiger partial charge on any atom is -0.364 e. The summed E-state index contributed by atoms with van der Waals surface area (Å²) in [5.74, 6) is 0.105. The van der Waals surface area contributed by atoms with Gasteiger partial charge in [0.05, 0.1) is 17.9 Å². The average molecular weight is 281 g/mol. The van der Waals surface area contributed by atoms with Crippen molar-refractivity contribution in [2.45, 2.75) is 0 Å². The highest BCUT2D eigenvalue weighted by molar-refractivity contribution is 9.10. The third kappa shape index (κ3) is 1.85. The molecule has 84 valence electrons. The van der Waals surface area contributed by atoms with E-state index in [0.29, 0.717) is 13.1 Å². The smallest absolute Gasteiger partial charge is 0.246 e. The molecule has 0 fully saturated rings. The van der Waals surface area contributed by atoms with Crippen molar-refractivity contribution in [3.8, 4) is 0 Å². The number of hydrogen-bond donors (Lipinski definition) is 0. The fraction of sp³-hybridized carbons (Fsp3) is 0.250. The van der Waals surface area contributed by atoms with Gasteiger partial charge in [-0.1, -0.05) is 22.0 Å². The predicted octanol–water partition coefficient (Wildman–Crippen LogP) is 2.42. The molecule has 0 N–H and O–H groups in total. The predicted molar refractivity (Wildman–Crippen MR) is 70.0 cm³/mol. The van der Waals surface area contributed by atoms with E-state index in [1.54, 1.807) is 11.0 Å². The van der Waals surface area contributed by atoms with Crippen LogP contribution in [-0.4, -0.2) is 26.0 Å². The number of amides is 1. The van der Waals surface area contributed by atoms with Crippen LogP contribution in [0.15, 0.2) is 35.3 Å². The van der Waals surface area contributed by atoms with E-state index in [2.05, 4.69) is 22.5 Å². The maximum Gasteiger partial charge on any atom is 0.246 e. The normalized spacial score (nSPS) is 15.0. The molecule has 0 spiro atoms.